The fourth-order valence-electron chi connectivity index (χ4n) is 2.76. The average Bonchev–Trinajstić information content (AvgIpc) is 2.52. The van der Waals surface area contributed by atoms with Crippen LogP contribution >= 0.6 is 0 Å². The molecule has 5 heteroatoms. The molecule has 0 bridgehead atoms. The van der Waals surface area contributed by atoms with E-state index in [9.17, 15) is 9.59 Å². The van der Waals surface area contributed by atoms with E-state index in [1.165, 1.54) is 27.0 Å². The molecule has 1 aliphatic rings. The van der Waals surface area contributed by atoms with E-state index in [2.05, 4.69) is 6.07 Å². The Morgan fingerprint density at radius 2 is 2.05 bits per heavy atom. The monoisotopic (exact) mass is 286 g/mol. The molecule has 3 rings (SSSR count). The summed E-state index contributed by atoms with van der Waals surface area (Å²) in [6.45, 7) is 3.30. The number of aromatic nitrogens is 2. The third-order valence-electron chi connectivity index (χ3n) is 3.92. The number of ether oxygens (including phenoxy) is 1. The van der Waals surface area contributed by atoms with Gasteiger partial charge in [-0.2, -0.15) is 0 Å². The van der Waals surface area contributed by atoms with Crippen LogP contribution in [-0.2, 0) is 24.2 Å². The summed E-state index contributed by atoms with van der Waals surface area (Å²) in [6, 6.07) is 9.46. The molecule has 0 aliphatic carbocycles. The maximum absolute atomic E-state index is 12.3. The predicted molar refractivity (Wildman–Crippen MR) is 79.5 cm³/mol. The van der Waals surface area contributed by atoms with Crippen molar-refractivity contribution < 1.29 is 4.74 Å². The molecular formula is C16H18N2O3. The van der Waals surface area contributed by atoms with E-state index in [4.69, 9.17) is 4.74 Å². The molecule has 0 saturated carbocycles. The molecule has 0 saturated heterocycles. The lowest BCUT2D eigenvalue weighted by Gasteiger charge is -2.26. The van der Waals surface area contributed by atoms with Crippen LogP contribution in [0.4, 0.5) is 0 Å². The Balaban J connectivity index is 1.99. The van der Waals surface area contributed by atoms with Gasteiger partial charge in [-0.1, -0.05) is 24.3 Å². The van der Waals surface area contributed by atoms with Gasteiger partial charge in [0.25, 0.3) is 5.56 Å². The van der Waals surface area contributed by atoms with Crippen molar-refractivity contribution in [2.45, 2.75) is 32.5 Å². The Bertz CT molecular complexity index is 761. The van der Waals surface area contributed by atoms with Gasteiger partial charge in [-0.3, -0.25) is 9.36 Å². The van der Waals surface area contributed by atoms with E-state index in [0.717, 1.165) is 12.0 Å². The molecule has 110 valence electrons. The molecule has 21 heavy (non-hydrogen) atoms. The highest BCUT2D eigenvalue weighted by Gasteiger charge is 2.22. The normalized spacial score (nSPS) is 17.5. The minimum atomic E-state index is -0.281. The number of fused-ring (bicyclic) bond motifs is 1. The first-order chi connectivity index (χ1) is 10.2. The van der Waals surface area contributed by atoms with Crippen molar-refractivity contribution in [2.75, 3.05) is 6.61 Å². The van der Waals surface area contributed by atoms with Crippen LogP contribution in [0.1, 0.15) is 24.2 Å². The van der Waals surface area contributed by atoms with E-state index in [1.54, 1.807) is 0 Å². The highest BCUT2D eigenvalue weighted by molar-refractivity contribution is 5.30. The summed E-state index contributed by atoms with van der Waals surface area (Å²) in [5.41, 5.74) is 1.74. The number of hydrogen-bond donors (Lipinski definition) is 0. The number of hydrogen-bond acceptors (Lipinski definition) is 3. The van der Waals surface area contributed by atoms with Crippen LogP contribution < -0.4 is 11.2 Å². The van der Waals surface area contributed by atoms with Crippen LogP contribution in [-0.4, -0.2) is 15.7 Å². The second kappa shape index (κ2) is 5.69. The van der Waals surface area contributed by atoms with Gasteiger partial charge in [-0.05, 0) is 24.5 Å². The number of rotatable bonds is 3. The Labute approximate surface area is 122 Å². The van der Waals surface area contributed by atoms with Crippen molar-refractivity contribution in [3.63, 3.8) is 0 Å². The molecule has 5 nitrogen and oxygen atoms in total. The molecule has 0 spiro atoms. The number of benzene rings is 1. The molecule has 1 unspecified atom stereocenters. The van der Waals surface area contributed by atoms with E-state index in [0.29, 0.717) is 13.2 Å². The van der Waals surface area contributed by atoms with Gasteiger partial charge < -0.3 is 9.30 Å². The van der Waals surface area contributed by atoms with Crippen molar-refractivity contribution in [3.8, 4) is 0 Å². The predicted octanol–water partition coefficient (Wildman–Crippen LogP) is 1.34. The molecule has 2 heterocycles. The quantitative estimate of drug-likeness (QED) is 0.855. The molecule has 1 atom stereocenters. The Hall–Kier alpha value is -2.14. The van der Waals surface area contributed by atoms with E-state index < -0.39 is 0 Å². The van der Waals surface area contributed by atoms with E-state index in [1.807, 2.05) is 25.1 Å². The molecular weight excluding hydrogens is 268 g/mol. The first kappa shape index (κ1) is 13.8. The van der Waals surface area contributed by atoms with Gasteiger partial charge in [0.15, 0.2) is 0 Å². The van der Waals surface area contributed by atoms with Crippen LogP contribution in [0.25, 0.3) is 0 Å². The molecule has 2 aromatic rings. The zero-order chi connectivity index (χ0) is 14.8. The fraction of sp³-hybridized carbons (Fsp3) is 0.375. The van der Waals surface area contributed by atoms with Gasteiger partial charge in [-0.15, -0.1) is 0 Å². The third kappa shape index (κ3) is 2.56. The lowest BCUT2D eigenvalue weighted by Crippen LogP contribution is -2.40. The molecule has 0 fully saturated rings. The smallest absolute Gasteiger partial charge is 0.331 e. The first-order valence-corrected chi connectivity index (χ1v) is 7.20. The Morgan fingerprint density at radius 1 is 1.24 bits per heavy atom. The summed E-state index contributed by atoms with van der Waals surface area (Å²) in [4.78, 5) is 24.3. The van der Waals surface area contributed by atoms with Gasteiger partial charge in [-0.25, -0.2) is 4.79 Å². The van der Waals surface area contributed by atoms with Crippen LogP contribution in [0.15, 0.2) is 46.1 Å². The largest absolute Gasteiger partial charge is 0.371 e. The summed E-state index contributed by atoms with van der Waals surface area (Å²) in [7, 11) is 0. The summed E-state index contributed by atoms with van der Waals surface area (Å²) >= 11 is 0. The maximum atomic E-state index is 12.3. The number of nitrogens with zero attached hydrogens (tertiary/aromatic N) is 2. The highest BCUT2D eigenvalue weighted by atomic mass is 16.5. The second-order valence-electron chi connectivity index (χ2n) is 5.14. The van der Waals surface area contributed by atoms with Crippen molar-refractivity contribution in [1.29, 1.82) is 0 Å². The van der Waals surface area contributed by atoms with Crippen LogP contribution in [0.5, 0.6) is 0 Å². The minimum Gasteiger partial charge on any atom is -0.371 e. The molecule has 0 amide bonds. The molecule has 1 aromatic carbocycles. The average molecular weight is 286 g/mol. The van der Waals surface area contributed by atoms with Gasteiger partial charge in [0.2, 0.25) is 0 Å². The highest BCUT2D eigenvalue weighted by Crippen LogP contribution is 2.27. The van der Waals surface area contributed by atoms with E-state index >= 15 is 0 Å². The fourth-order valence-corrected chi connectivity index (χ4v) is 2.76. The zero-order valence-corrected chi connectivity index (χ0v) is 12.0. The summed E-state index contributed by atoms with van der Waals surface area (Å²) in [6.07, 6.45) is 2.17. The van der Waals surface area contributed by atoms with E-state index in [-0.39, 0.29) is 23.9 Å². The first-order valence-electron chi connectivity index (χ1n) is 7.20. The standard InChI is InChI=1S/C16H18N2O3/c1-2-17-9-7-15(19)18(16(17)20)11-14-13-6-4-3-5-12(13)8-10-21-14/h3-7,9,14H,2,8,10-11H2,1H3. The number of aryl methyl sites for hydroxylation is 1. The lowest BCUT2D eigenvalue weighted by atomic mass is 9.97. The zero-order valence-electron chi connectivity index (χ0n) is 12.0. The van der Waals surface area contributed by atoms with Crippen LogP contribution in [0.3, 0.4) is 0 Å². The van der Waals surface area contributed by atoms with Gasteiger partial charge in [0.1, 0.15) is 6.10 Å². The second-order valence-corrected chi connectivity index (χ2v) is 5.14. The maximum Gasteiger partial charge on any atom is 0.331 e. The van der Waals surface area contributed by atoms with Crippen molar-refractivity contribution in [3.05, 3.63) is 68.5 Å². The summed E-state index contributed by atoms with van der Waals surface area (Å²) < 4.78 is 8.57. The van der Waals surface area contributed by atoms with Crippen molar-refractivity contribution in [2.24, 2.45) is 0 Å². The van der Waals surface area contributed by atoms with Crippen molar-refractivity contribution in [1.82, 2.24) is 9.13 Å². The van der Waals surface area contributed by atoms with Crippen LogP contribution in [0.2, 0.25) is 0 Å². The Kier molecular flexibility index (Phi) is 3.75. The molecule has 0 radical (unpaired) electrons. The summed E-state index contributed by atoms with van der Waals surface area (Å²) in [5.74, 6) is 0. The molecule has 0 N–H and O–H groups in total. The van der Waals surface area contributed by atoms with Gasteiger partial charge >= 0.3 is 5.69 Å². The molecule has 1 aromatic heterocycles. The Morgan fingerprint density at radius 3 is 2.86 bits per heavy atom. The lowest BCUT2D eigenvalue weighted by molar-refractivity contribution is 0.0288. The molecule has 1 aliphatic heterocycles. The SMILES string of the molecule is CCn1ccc(=O)n(CC2OCCc3ccccc32)c1=O. The van der Waals surface area contributed by atoms with Crippen LogP contribution in [0, 0.1) is 0 Å². The van der Waals surface area contributed by atoms with Crippen molar-refractivity contribution >= 4 is 0 Å². The minimum absolute atomic E-state index is 0.243. The van der Waals surface area contributed by atoms with Gasteiger partial charge in [0.05, 0.1) is 13.2 Å². The third-order valence-corrected chi connectivity index (χ3v) is 3.92. The van der Waals surface area contributed by atoms with Gasteiger partial charge in [0, 0.05) is 18.8 Å². The topological polar surface area (TPSA) is 53.2 Å². The summed E-state index contributed by atoms with van der Waals surface area (Å²) in [5, 5.41) is 0.